The number of hydrogen-bond acceptors (Lipinski definition) is 8. The van der Waals surface area contributed by atoms with E-state index in [4.69, 9.17) is 13.9 Å². The molecule has 1 aliphatic rings. The Labute approximate surface area is 254 Å². The Hall–Kier alpha value is -5.19. The highest BCUT2D eigenvalue weighted by atomic mass is 19.1. The Morgan fingerprint density at radius 1 is 0.932 bits per heavy atom. The van der Waals surface area contributed by atoms with E-state index in [9.17, 15) is 18.8 Å². The van der Waals surface area contributed by atoms with Crippen LogP contribution in [0.15, 0.2) is 77.2 Å². The first-order chi connectivity index (χ1) is 21.3. The van der Waals surface area contributed by atoms with Crippen LogP contribution in [0.25, 0.3) is 11.3 Å². The zero-order valence-electron chi connectivity index (χ0n) is 25.0. The number of fused-ring (bicyclic) bond motifs is 1. The summed E-state index contributed by atoms with van der Waals surface area (Å²) in [5.74, 6) is -1.59. The number of halogens is 1. The molecule has 10 nitrogen and oxygen atoms in total. The van der Waals surface area contributed by atoms with Crippen molar-refractivity contribution >= 4 is 29.3 Å². The molecule has 0 unspecified atom stereocenters. The van der Waals surface area contributed by atoms with Crippen molar-refractivity contribution in [1.82, 2.24) is 4.98 Å². The third kappa shape index (κ3) is 7.41. The molecule has 11 heteroatoms. The predicted octanol–water partition coefficient (Wildman–Crippen LogP) is 6.70. The number of carbonyl (C=O) groups excluding carboxylic acids is 3. The number of nitrogens with zero attached hydrogens (tertiary/aromatic N) is 2. The quantitative estimate of drug-likeness (QED) is 0.210. The molecule has 0 bridgehead atoms. The highest BCUT2D eigenvalue weighted by Crippen LogP contribution is 2.48. The van der Waals surface area contributed by atoms with Crippen LogP contribution in [0.1, 0.15) is 50.5 Å². The summed E-state index contributed by atoms with van der Waals surface area (Å²) < 4.78 is 34.8. The lowest BCUT2D eigenvalue weighted by atomic mass is 9.93. The number of oxazole rings is 1. The second kappa shape index (κ2) is 14.8. The minimum atomic E-state index is -0.950. The van der Waals surface area contributed by atoms with Crippen LogP contribution in [-0.4, -0.2) is 42.8 Å². The largest absolute Gasteiger partial charge is 0.466 e. The van der Waals surface area contributed by atoms with E-state index >= 15 is 0 Å². The Bertz CT molecular complexity index is 1590. The lowest BCUT2D eigenvalue weighted by Gasteiger charge is -2.18. The Kier molecular flexibility index (Phi) is 10.7. The topological polar surface area (TPSA) is 120 Å². The fourth-order valence-corrected chi connectivity index (χ4v) is 4.76. The number of aromatic nitrogens is 1. The van der Waals surface area contributed by atoms with E-state index in [0.29, 0.717) is 48.0 Å². The number of esters is 1. The van der Waals surface area contributed by atoms with Gasteiger partial charge in [-0.2, -0.15) is 4.98 Å². The molecule has 230 valence electrons. The van der Waals surface area contributed by atoms with E-state index in [1.54, 1.807) is 49.9 Å². The molecule has 2 heterocycles. The van der Waals surface area contributed by atoms with Gasteiger partial charge in [0.15, 0.2) is 5.76 Å². The summed E-state index contributed by atoms with van der Waals surface area (Å²) >= 11 is 0. The Morgan fingerprint density at radius 3 is 2.25 bits per heavy atom. The van der Waals surface area contributed by atoms with E-state index < -0.39 is 17.8 Å². The molecule has 0 fully saturated rings. The minimum absolute atomic E-state index is 0.00600. The predicted molar refractivity (Wildman–Crippen MR) is 162 cm³/mol. The van der Waals surface area contributed by atoms with Crippen molar-refractivity contribution in [1.29, 1.82) is 0 Å². The molecule has 1 aliphatic heterocycles. The number of carbonyl (C=O) groups is 3. The van der Waals surface area contributed by atoms with Crippen molar-refractivity contribution < 1.29 is 37.4 Å². The average Bonchev–Trinajstić information content (AvgIpc) is 3.53. The Balaban J connectivity index is 0.000000670. The van der Waals surface area contributed by atoms with Gasteiger partial charge in [0.2, 0.25) is 5.91 Å². The fraction of sp³-hybridized carbons (Fsp3) is 0.273. The zero-order chi connectivity index (χ0) is 31.6. The molecule has 5 rings (SSSR count). The number of anilines is 2. The second-order valence-electron chi connectivity index (χ2n) is 9.48. The maximum atomic E-state index is 14.1. The number of amides is 2. The van der Waals surface area contributed by atoms with Crippen LogP contribution in [0, 0.1) is 5.82 Å². The molecule has 1 aromatic heterocycles. The van der Waals surface area contributed by atoms with Gasteiger partial charge in [-0.1, -0.05) is 36.4 Å². The van der Waals surface area contributed by atoms with Crippen LogP contribution in [0.2, 0.25) is 0 Å². The molecule has 0 saturated heterocycles. The molecule has 0 radical (unpaired) electrons. The van der Waals surface area contributed by atoms with Crippen molar-refractivity contribution in [2.75, 3.05) is 30.0 Å². The van der Waals surface area contributed by atoms with Crippen LogP contribution >= 0.6 is 0 Å². The lowest BCUT2D eigenvalue weighted by molar-refractivity contribution is -0.140. The van der Waals surface area contributed by atoms with Crippen LogP contribution in [-0.2, 0) is 25.6 Å². The highest BCUT2D eigenvalue weighted by molar-refractivity contribution is 6.10. The van der Waals surface area contributed by atoms with E-state index in [0.717, 1.165) is 5.56 Å². The van der Waals surface area contributed by atoms with Gasteiger partial charge in [-0.25, -0.2) is 9.18 Å². The van der Waals surface area contributed by atoms with Crippen molar-refractivity contribution in [3.63, 3.8) is 0 Å². The highest BCUT2D eigenvalue weighted by Gasteiger charge is 2.44. The zero-order valence-corrected chi connectivity index (χ0v) is 25.0. The normalized spacial score (nSPS) is 13.4. The van der Waals surface area contributed by atoms with Gasteiger partial charge in [-0.05, 0) is 62.7 Å². The van der Waals surface area contributed by atoms with Crippen LogP contribution in [0.5, 0.6) is 6.08 Å². The molecular weight excluding hydrogens is 569 g/mol. The van der Waals surface area contributed by atoms with Gasteiger partial charge in [-0.15, -0.1) is 0 Å². The molecule has 0 spiro atoms. The summed E-state index contributed by atoms with van der Waals surface area (Å²) in [4.78, 5) is 42.5. The van der Waals surface area contributed by atoms with Gasteiger partial charge in [-0.3, -0.25) is 14.9 Å². The first kappa shape index (κ1) is 31.7. The summed E-state index contributed by atoms with van der Waals surface area (Å²) in [6, 6.07) is 20.7. The molecule has 2 amide bonds. The smallest absolute Gasteiger partial charge is 0.411 e. The first-order valence-corrected chi connectivity index (χ1v) is 14.2. The average molecular weight is 604 g/mol. The third-order valence-electron chi connectivity index (χ3n) is 6.50. The van der Waals surface area contributed by atoms with E-state index in [1.165, 1.54) is 19.1 Å². The summed E-state index contributed by atoms with van der Waals surface area (Å²) in [7, 11) is 0. The second-order valence-corrected chi connectivity index (χ2v) is 9.48. The first-order valence-electron chi connectivity index (χ1n) is 14.2. The van der Waals surface area contributed by atoms with E-state index in [1.807, 2.05) is 36.4 Å². The van der Waals surface area contributed by atoms with Crippen molar-refractivity contribution in [3.8, 4) is 17.3 Å². The summed E-state index contributed by atoms with van der Waals surface area (Å²) in [5, 5.41) is 2.76. The number of rotatable bonds is 9. The van der Waals surface area contributed by atoms with Crippen molar-refractivity contribution in [2.45, 2.75) is 40.2 Å². The standard InChI is InChI=1S/C29H26FN3O5.C4H8O2/c1-3-36-28(35)31-21-11-8-12-22-23(21)24(27(34)33(22)17-18-9-6-5-7-10-18)26-25(32-29(38-26)37-4-2)19-13-15-20(30)16-14-19;1-3-6-4(2)5/h5-16,24H,3-4,17H2,1-2H3,(H,31,35);3H2,1-2H3/t24-;/m0./s1. The summed E-state index contributed by atoms with van der Waals surface area (Å²) in [6.07, 6.45) is -0.645. The number of benzene rings is 3. The number of hydrogen-bond donors (Lipinski definition) is 1. The molecular formula is C33H34FN3O7. The van der Waals surface area contributed by atoms with Crippen LogP contribution in [0.3, 0.4) is 0 Å². The van der Waals surface area contributed by atoms with E-state index in [2.05, 4.69) is 15.0 Å². The van der Waals surface area contributed by atoms with Crippen LogP contribution in [0.4, 0.5) is 20.6 Å². The molecule has 1 atom stereocenters. The third-order valence-corrected chi connectivity index (χ3v) is 6.50. The lowest BCUT2D eigenvalue weighted by Crippen LogP contribution is -2.28. The fourth-order valence-electron chi connectivity index (χ4n) is 4.76. The SMILES string of the molecule is CCOC(=O)Nc1cccc2c1[C@@H](c1oc(OCC)nc1-c1ccc(F)cc1)C(=O)N2Cc1ccccc1.CCOC(C)=O. The van der Waals surface area contributed by atoms with Crippen molar-refractivity contribution in [2.24, 2.45) is 0 Å². The van der Waals surface area contributed by atoms with Gasteiger partial charge in [0.25, 0.3) is 0 Å². The molecule has 44 heavy (non-hydrogen) atoms. The monoisotopic (exact) mass is 603 g/mol. The van der Waals surface area contributed by atoms with E-state index in [-0.39, 0.29) is 30.3 Å². The molecule has 4 aromatic rings. The summed E-state index contributed by atoms with van der Waals surface area (Å²) in [6.45, 7) is 7.96. The number of nitrogens with one attached hydrogen (secondary N) is 1. The number of ether oxygens (including phenoxy) is 3. The van der Waals surface area contributed by atoms with Gasteiger partial charge < -0.3 is 23.5 Å². The Morgan fingerprint density at radius 2 is 1.64 bits per heavy atom. The molecule has 3 aromatic carbocycles. The van der Waals surface area contributed by atoms with Gasteiger partial charge in [0.05, 0.1) is 37.7 Å². The minimum Gasteiger partial charge on any atom is -0.466 e. The van der Waals surface area contributed by atoms with Crippen molar-refractivity contribution in [3.05, 3.63) is 95.5 Å². The molecule has 1 N–H and O–H groups in total. The molecule has 0 saturated carbocycles. The summed E-state index contributed by atoms with van der Waals surface area (Å²) in [5.41, 5.74) is 3.42. The maximum absolute atomic E-state index is 14.1. The maximum Gasteiger partial charge on any atom is 0.411 e. The van der Waals surface area contributed by atoms with Gasteiger partial charge in [0, 0.05) is 18.1 Å². The molecule has 0 aliphatic carbocycles. The van der Waals surface area contributed by atoms with Crippen LogP contribution < -0.4 is 15.0 Å². The van der Waals surface area contributed by atoms with Gasteiger partial charge in [0.1, 0.15) is 17.4 Å². The van der Waals surface area contributed by atoms with Gasteiger partial charge >= 0.3 is 18.1 Å².